The lowest BCUT2D eigenvalue weighted by Crippen LogP contribution is -2.37. The molecule has 4 nitrogen and oxygen atoms in total. The minimum absolute atomic E-state index is 0.458. The van der Waals surface area contributed by atoms with Crippen LogP contribution in [0, 0.1) is 6.92 Å². The topological polar surface area (TPSA) is 40.5 Å². The zero-order valence-electron chi connectivity index (χ0n) is 13.7. The predicted octanol–water partition coefficient (Wildman–Crippen LogP) is 3.68. The van der Waals surface area contributed by atoms with Crippen molar-refractivity contribution < 1.29 is 13.2 Å². The van der Waals surface area contributed by atoms with E-state index >= 15 is 0 Å². The van der Waals surface area contributed by atoms with Gasteiger partial charge in [0.15, 0.2) is 5.96 Å². The zero-order valence-corrected chi connectivity index (χ0v) is 14.5. The monoisotopic (exact) mass is 356 g/mol. The Bertz CT molecular complexity index is 692. The number of nitrogens with zero attached hydrogens (tertiary/aromatic N) is 3. The molecule has 8 heteroatoms. The molecule has 1 heterocycles. The van der Waals surface area contributed by atoms with Crippen molar-refractivity contribution in [1.29, 1.82) is 0 Å². The number of guanidine groups is 1. The Morgan fingerprint density at radius 1 is 1.29 bits per heavy atom. The molecule has 0 amide bonds. The second-order valence-corrected chi connectivity index (χ2v) is 6.62. The maximum absolute atomic E-state index is 12.6. The Hall–Kier alpha value is -2.09. The third-order valence-corrected chi connectivity index (χ3v) is 4.28. The lowest BCUT2D eigenvalue weighted by molar-refractivity contribution is -0.137. The summed E-state index contributed by atoms with van der Waals surface area (Å²) in [6.45, 7) is 3.01. The first kappa shape index (κ1) is 18.3. The van der Waals surface area contributed by atoms with E-state index in [4.69, 9.17) is 0 Å². The number of hydrogen-bond acceptors (Lipinski definition) is 3. The van der Waals surface area contributed by atoms with E-state index in [1.54, 1.807) is 18.4 Å². The summed E-state index contributed by atoms with van der Waals surface area (Å²) < 4.78 is 37.8. The van der Waals surface area contributed by atoms with Gasteiger partial charge in [0.1, 0.15) is 0 Å². The number of aliphatic imine (C=N–C) groups is 1. The summed E-state index contributed by atoms with van der Waals surface area (Å²) in [6.07, 6.45) is -2.49. The standard InChI is InChI=1S/C16H19F3N4S/c1-11-21-8-14(24-11)9-22-15(20-2)23(3)10-12-4-6-13(7-5-12)16(17,18)19/h4-8H,9-10H2,1-3H3,(H,20,22). The van der Waals surface area contributed by atoms with Gasteiger partial charge < -0.3 is 10.2 Å². The smallest absolute Gasteiger partial charge is 0.351 e. The molecule has 0 atom stereocenters. The van der Waals surface area contributed by atoms with Gasteiger partial charge in [0.05, 0.1) is 17.1 Å². The van der Waals surface area contributed by atoms with Crippen molar-refractivity contribution in [3.8, 4) is 0 Å². The normalized spacial score (nSPS) is 12.3. The van der Waals surface area contributed by atoms with Crippen molar-refractivity contribution in [1.82, 2.24) is 15.2 Å². The van der Waals surface area contributed by atoms with E-state index in [9.17, 15) is 13.2 Å². The fourth-order valence-electron chi connectivity index (χ4n) is 2.19. The van der Waals surface area contributed by atoms with Crippen LogP contribution in [-0.2, 0) is 19.3 Å². The molecular formula is C16H19F3N4S. The van der Waals surface area contributed by atoms with Crippen LogP contribution in [0.5, 0.6) is 0 Å². The van der Waals surface area contributed by atoms with Gasteiger partial charge in [0.25, 0.3) is 0 Å². The fourth-order valence-corrected chi connectivity index (χ4v) is 2.92. The largest absolute Gasteiger partial charge is 0.416 e. The molecule has 2 aromatic rings. The van der Waals surface area contributed by atoms with E-state index in [0.717, 1.165) is 27.6 Å². The van der Waals surface area contributed by atoms with Crippen LogP contribution >= 0.6 is 11.3 Å². The molecule has 0 saturated carbocycles. The van der Waals surface area contributed by atoms with Gasteiger partial charge in [0, 0.05) is 31.7 Å². The molecule has 2 rings (SSSR count). The highest BCUT2D eigenvalue weighted by molar-refractivity contribution is 7.11. The van der Waals surface area contributed by atoms with Gasteiger partial charge in [-0.2, -0.15) is 13.2 Å². The zero-order chi connectivity index (χ0) is 17.7. The molecular weight excluding hydrogens is 337 g/mol. The van der Waals surface area contributed by atoms with Crippen molar-refractivity contribution in [2.24, 2.45) is 4.99 Å². The molecule has 0 aliphatic rings. The molecule has 0 aliphatic heterocycles. The summed E-state index contributed by atoms with van der Waals surface area (Å²) in [5, 5.41) is 4.22. The Morgan fingerprint density at radius 3 is 2.46 bits per heavy atom. The van der Waals surface area contributed by atoms with Crippen molar-refractivity contribution in [2.45, 2.75) is 26.2 Å². The molecule has 0 saturated heterocycles. The third kappa shape index (κ3) is 4.95. The lowest BCUT2D eigenvalue weighted by atomic mass is 10.1. The number of thiazole rings is 1. The highest BCUT2D eigenvalue weighted by atomic mass is 32.1. The average Bonchev–Trinajstić information content (AvgIpc) is 2.93. The molecule has 1 aromatic heterocycles. The molecule has 1 aromatic carbocycles. The van der Waals surface area contributed by atoms with Crippen LogP contribution in [0.25, 0.3) is 0 Å². The number of aryl methyl sites for hydroxylation is 1. The van der Waals surface area contributed by atoms with E-state index in [-0.39, 0.29) is 0 Å². The summed E-state index contributed by atoms with van der Waals surface area (Å²) in [7, 11) is 3.51. The fraction of sp³-hybridized carbons (Fsp3) is 0.375. The van der Waals surface area contributed by atoms with Crippen LogP contribution < -0.4 is 5.32 Å². The summed E-state index contributed by atoms with van der Waals surface area (Å²) in [5.74, 6) is 0.668. The van der Waals surface area contributed by atoms with Gasteiger partial charge in [-0.1, -0.05) is 12.1 Å². The van der Waals surface area contributed by atoms with Crippen molar-refractivity contribution in [3.05, 3.63) is 51.5 Å². The summed E-state index contributed by atoms with van der Waals surface area (Å²) >= 11 is 1.61. The second-order valence-electron chi connectivity index (χ2n) is 5.30. The van der Waals surface area contributed by atoms with E-state index in [2.05, 4.69) is 15.3 Å². The molecule has 0 spiro atoms. The second kappa shape index (κ2) is 7.65. The molecule has 1 N–H and O–H groups in total. The van der Waals surface area contributed by atoms with Crippen molar-refractivity contribution in [2.75, 3.05) is 14.1 Å². The molecule has 0 fully saturated rings. The maximum atomic E-state index is 12.6. The number of nitrogens with one attached hydrogen (secondary N) is 1. The number of hydrogen-bond donors (Lipinski definition) is 1. The predicted molar refractivity (Wildman–Crippen MR) is 90.0 cm³/mol. The molecule has 0 bridgehead atoms. The Balaban J connectivity index is 1.95. The van der Waals surface area contributed by atoms with Gasteiger partial charge >= 0.3 is 6.18 Å². The van der Waals surface area contributed by atoms with Gasteiger partial charge in [0.2, 0.25) is 0 Å². The Labute approximate surface area is 143 Å². The maximum Gasteiger partial charge on any atom is 0.416 e. The Kier molecular flexibility index (Phi) is 5.82. The third-order valence-electron chi connectivity index (χ3n) is 3.36. The van der Waals surface area contributed by atoms with Crippen LogP contribution in [0.15, 0.2) is 35.5 Å². The first-order valence-corrected chi connectivity index (χ1v) is 8.10. The molecule has 0 radical (unpaired) electrons. The van der Waals surface area contributed by atoms with Crippen LogP contribution in [-0.4, -0.2) is 29.9 Å². The molecule has 130 valence electrons. The Morgan fingerprint density at radius 2 is 1.96 bits per heavy atom. The van der Waals surface area contributed by atoms with E-state index in [0.29, 0.717) is 19.0 Å². The van der Waals surface area contributed by atoms with Crippen LogP contribution in [0.1, 0.15) is 21.0 Å². The minimum atomic E-state index is -4.31. The quantitative estimate of drug-likeness (QED) is 0.671. The highest BCUT2D eigenvalue weighted by Crippen LogP contribution is 2.29. The van der Waals surface area contributed by atoms with E-state index in [1.807, 2.05) is 25.1 Å². The van der Waals surface area contributed by atoms with Crippen LogP contribution in [0.3, 0.4) is 0 Å². The lowest BCUT2D eigenvalue weighted by Gasteiger charge is -2.22. The molecule has 0 unspecified atom stereocenters. The SMILES string of the molecule is CN=C(NCc1cnc(C)s1)N(C)Cc1ccc(C(F)(F)F)cc1. The average molecular weight is 356 g/mol. The number of benzene rings is 1. The highest BCUT2D eigenvalue weighted by Gasteiger charge is 2.29. The molecule has 24 heavy (non-hydrogen) atoms. The van der Waals surface area contributed by atoms with E-state index < -0.39 is 11.7 Å². The van der Waals surface area contributed by atoms with Gasteiger partial charge in [-0.25, -0.2) is 4.98 Å². The summed E-state index contributed by atoms with van der Waals surface area (Å²) in [6, 6.07) is 5.16. The molecule has 0 aliphatic carbocycles. The van der Waals surface area contributed by atoms with Crippen molar-refractivity contribution >= 4 is 17.3 Å². The van der Waals surface area contributed by atoms with Crippen LogP contribution in [0.2, 0.25) is 0 Å². The number of alkyl halides is 3. The number of rotatable bonds is 4. The summed E-state index contributed by atoms with van der Waals surface area (Å²) in [4.78, 5) is 11.3. The summed E-state index contributed by atoms with van der Waals surface area (Å²) in [5.41, 5.74) is 0.138. The van der Waals surface area contributed by atoms with Crippen LogP contribution in [0.4, 0.5) is 13.2 Å². The first-order chi connectivity index (χ1) is 11.3. The first-order valence-electron chi connectivity index (χ1n) is 7.29. The number of aromatic nitrogens is 1. The van der Waals surface area contributed by atoms with Crippen molar-refractivity contribution in [3.63, 3.8) is 0 Å². The van der Waals surface area contributed by atoms with Gasteiger partial charge in [-0.3, -0.25) is 4.99 Å². The van der Waals surface area contributed by atoms with Gasteiger partial charge in [-0.15, -0.1) is 11.3 Å². The minimum Gasteiger partial charge on any atom is -0.351 e. The van der Waals surface area contributed by atoms with E-state index in [1.165, 1.54) is 12.1 Å². The van der Waals surface area contributed by atoms with Gasteiger partial charge in [-0.05, 0) is 24.6 Å². The number of halogens is 3.